The molecule has 3 rings (SSSR count). The van der Waals surface area contributed by atoms with Crippen molar-refractivity contribution in [1.82, 2.24) is 9.78 Å². The Morgan fingerprint density at radius 1 is 1.19 bits per heavy atom. The molecule has 1 aromatic heterocycles. The largest absolute Gasteiger partial charge is 0.311 e. The lowest BCUT2D eigenvalue weighted by Gasteiger charge is -2.09. The van der Waals surface area contributed by atoms with Crippen LogP contribution in [-0.2, 0) is 4.79 Å². The van der Waals surface area contributed by atoms with Gasteiger partial charge in [-0.05, 0) is 31.2 Å². The van der Waals surface area contributed by atoms with Gasteiger partial charge in [-0.3, -0.25) is 14.9 Å². The number of nitro groups is 1. The van der Waals surface area contributed by atoms with Crippen molar-refractivity contribution in [3.63, 3.8) is 0 Å². The summed E-state index contributed by atoms with van der Waals surface area (Å²) < 4.78 is 1.57. The fourth-order valence-corrected chi connectivity index (χ4v) is 3.36. The summed E-state index contributed by atoms with van der Waals surface area (Å²) in [6.45, 7) is 1.82. The molecular formula is C19H18N4O3S. The van der Waals surface area contributed by atoms with Gasteiger partial charge in [-0.15, -0.1) is 11.8 Å². The van der Waals surface area contributed by atoms with E-state index in [1.165, 1.54) is 12.1 Å². The second-order valence-corrected chi connectivity index (χ2v) is 6.98. The first-order valence-corrected chi connectivity index (χ1v) is 9.31. The Hall–Kier alpha value is -3.13. The topological polar surface area (TPSA) is 90.1 Å². The molecule has 0 aliphatic rings. The number of amides is 1. The third kappa shape index (κ3) is 4.95. The number of carbonyl (C=O) groups is 1. The molecule has 138 valence electrons. The molecule has 1 heterocycles. The minimum absolute atomic E-state index is 0.00569. The molecule has 0 unspecified atom stereocenters. The maximum absolute atomic E-state index is 12.3. The Morgan fingerprint density at radius 3 is 2.56 bits per heavy atom. The van der Waals surface area contributed by atoms with E-state index in [0.29, 0.717) is 23.7 Å². The lowest BCUT2D eigenvalue weighted by atomic mass is 10.3. The number of aromatic nitrogens is 2. The molecule has 0 atom stereocenters. The van der Waals surface area contributed by atoms with Crippen LogP contribution >= 0.6 is 11.8 Å². The van der Waals surface area contributed by atoms with Crippen molar-refractivity contribution in [2.45, 2.75) is 18.2 Å². The number of rotatable bonds is 7. The van der Waals surface area contributed by atoms with E-state index in [1.54, 1.807) is 34.6 Å². The van der Waals surface area contributed by atoms with Gasteiger partial charge in [0.25, 0.3) is 5.69 Å². The van der Waals surface area contributed by atoms with E-state index in [-0.39, 0.29) is 11.6 Å². The van der Waals surface area contributed by atoms with Crippen molar-refractivity contribution in [3.8, 4) is 5.69 Å². The van der Waals surface area contributed by atoms with E-state index in [2.05, 4.69) is 10.4 Å². The Labute approximate surface area is 160 Å². The standard InChI is InChI=1S/C19H18N4O3S/c1-14-13-18(20-19(24)11-12-27-17-5-3-2-4-6-17)22(21-14)15-7-9-16(10-8-15)23(25)26/h2-10,13H,11-12H2,1H3,(H,20,24). The van der Waals surface area contributed by atoms with Crippen LogP contribution in [-0.4, -0.2) is 26.4 Å². The lowest BCUT2D eigenvalue weighted by molar-refractivity contribution is -0.384. The van der Waals surface area contributed by atoms with E-state index in [4.69, 9.17) is 0 Å². The molecular weight excluding hydrogens is 364 g/mol. The predicted molar refractivity (Wildman–Crippen MR) is 105 cm³/mol. The third-order valence-corrected chi connectivity index (χ3v) is 4.76. The number of nitrogens with one attached hydrogen (secondary N) is 1. The SMILES string of the molecule is Cc1cc(NC(=O)CCSc2ccccc2)n(-c2ccc([N+](=O)[O-])cc2)n1. The molecule has 1 N–H and O–H groups in total. The van der Waals surface area contributed by atoms with Crippen LogP contribution < -0.4 is 5.32 Å². The van der Waals surface area contributed by atoms with E-state index < -0.39 is 4.92 Å². The molecule has 2 aromatic carbocycles. The lowest BCUT2D eigenvalue weighted by Crippen LogP contribution is -2.15. The van der Waals surface area contributed by atoms with Crippen molar-refractivity contribution in [1.29, 1.82) is 0 Å². The Bertz CT molecular complexity index is 939. The zero-order chi connectivity index (χ0) is 19.2. The second-order valence-electron chi connectivity index (χ2n) is 5.82. The number of benzene rings is 2. The summed E-state index contributed by atoms with van der Waals surface area (Å²) in [6, 6.07) is 17.7. The highest BCUT2D eigenvalue weighted by atomic mass is 32.2. The average Bonchev–Trinajstić information content (AvgIpc) is 3.02. The van der Waals surface area contributed by atoms with Crippen LogP contribution in [0.2, 0.25) is 0 Å². The van der Waals surface area contributed by atoms with Gasteiger partial charge in [-0.2, -0.15) is 5.10 Å². The molecule has 0 spiro atoms. The van der Waals surface area contributed by atoms with Gasteiger partial charge in [0.15, 0.2) is 0 Å². The minimum atomic E-state index is -0.453. The molecule has 27 heavy (non-hydrogen) atoms. The number of nitrogens with zero attached hydrogens (tertiary/aromatic N) is 3. The van der Waals surface area contributed by atoms with Gasteiger partial charge in [0.1, 0.15) is 5.82 Å². The second kappa shape index (κ2) is 8.50. The van der Waals surface area contributed by atoms with Crippen LogP contribution in [0.25, 0.3) is 5.69 Å². The normalized spacial score (nSPS) is 10.6. The van der Waals surface area contributed by atoms with Crippen LogP contribution in [0.15, 0.2) is 65.6 Å². The quantitative estimate of drug-likeness (QED) is 0.375. The zero-order valence-electron chi connectivity index (χ0n) is 14.7. The van der Waals surface area contributed by atoms with E-state index in [1.807, 2.05) is 37.3 Å². The molecule has 8 heteroatoms. The van der Waals surface area contributed by atoms with Crippen molar-refractivity contribution in [2.24, 2.45) is 0 Å². The molecule has 0 aliphatic heterocycles. The number of thioether (sulfide) groups is 1. The maximum Gasteiger partial charge on any atom is 0.269 e. The van der Waals surface area contributed by atoms with Gasteiger partial charge >= 0.3 is 0 Å². The molecule has 0 bridgehead atoms. The summed E-state index contributed by atoms with van der Waals surface area (Å²) in [4.78, 5) is 23.7. The number of hydrogen-bond donors (Lipinski definition) is 1. The molecule has 1 amide bonds. The molecule has 0 fully saturated rings. The van der Waals surface area contributed by atoms with Crippen LogP contribution in [0, 0.1) is 17.0 Å². The monoisotopic (exact) mass is 382 g/mol. The van der Waals surface area contributed by atoms with Gasteiger partial charge in [0.2, 0.25) is 5.91 Å². The summed E-state index contributed by atoms with van der Waals surface area (Å²) in [5, 5.41) is 18.0. The van der Waals surface area contributed by atoms with Crippen LogP contribution in [0.5, 0.6) is 0 Å². The first-order chi connectivity index (χ1) is 13.0. The number of carbonyl (C=O) groups excluding carboxylic acids is 1. The number of aryl methyl sites for hydroxylation is 1. The van der Waals surface area contributed by atoms with Crippen molar-refractivity contribution < 1.29 is 9.72 Å². The number of non-ortho nitro benzene ring substituents is 1. The van der Waals surface area contributed by atoms with Crippen LogP contribution in [0.3, 0.4) is 0 Å². The molecule has 0 aliphatic carbocycles. The van der Waals surface area contributed by atoms with Gasteiger partial charge in [-0.25, -0.2) is 4.68 Å². The van der Waals surface area contributed by atoms with Crippen molar-refractivity contribution in [3.05, 3.63) is 76.5 Å². The van der Waals surface area contributed by atoms with E-state index in [0.717, 1.165) is 10.6 Å². The van der Waals surface area contributed by atoms with E-state index in [9.17, 15) is 14.9 Å². The van der Waals surface area contributed by atoms with Crippen LogP contribution in [0.4, 0.5) is 11.5 Å². The summed E-state index contributed by atoms with van der Waals surface area (Å²) in [7, 11) is 0. The first kappa shape index (κ1) is 18.7. The maximum atomic E-state index is 12.3. The summed E-state index contributed by atoms with van der Waals surface area (Å²) in [5.74, 6) is 1.10. The minimum Gasteiger partial charge on any atom is -0.311 e. The molecule has 0 radical (unpaired) electrons. The third-order valence-electron chi connectivity index (χ3n) is 3.75. The van der Waals surface area contributed by atoms with Gasteiger partial charge in [-0.1, -0.05) is 18.2 Å². The Kier molecular flexibility index (Phi) is 5.87. The Balaban J connectivity index is 1.64. The van der Waals surface area contributed by atoms with Gasteiger partial charge in [0, 0.05) is 35.3 Å². The highest BCUT2D eigenvalue weighted by Crippen LogP contribution is 2.21. The van der Waals surface area contributed by atoms with Gasteiger partial charge < -0.3 is 5.32 Å². The first-order valence-electron chi connectivity index (χ1n) is 8.32. The summed E-state index contributed by atoms with van der Waals surface area (Å²) in [6.07, 6.45) is 0.365. The fourth-order valence-electron chi connectivity index (χ4n) is 2.48. The number of hydrogen-bond acceptors (Lipinski definition) is 5. The van der Waals surface area contributed by atoms with Crippen molar-refractivity contribution >= 4 is 29.2 Å². The smallest absolute Gasteiger partial charge is 0.269 e. The molecule has 0 saturated carbocycles. The zero-order valence-corrected chi connectivity index (χ0v) is 15.5. The number of anilines is 1. The Morgan fingerprint density at radius 2 is 1.89 bits per heavy atom. The average molecular weight is 382 g/mol. The highest BCUT2D eigenvalue weighted by molar-refractivity contribution is 7.99. The molecule has 7 nitrogen and oxygen atoms in total. The van der Waals surface area contributed by atoms with Crippen molar-refractivity contribution in [2.75, 3.05) is 11.1 Å². The highest BCUT2D eigenvalue weighted by Gasteiger charge is 2.12. The number of nitro benzene ring substituents is 1. The molecule has 3 aromatic rings. The predicted octanol–water partition coefficient (Wildman–Crippen LogP) is 4.21. The van der Waals surface area contributed by atoms with Crippen LogP contribution in [0.1, 0.15) is 12.1 Å². The van der Waals surface area contributed by atoms with Gasteiger partial charge in [0.05, 0.1) is 16.3 Å². The summed E-state index contributed by atoms with van der Waals surface area (Å²) in [5.41, 5.74) is 1.39. The summed E-state index contributed by atoms with van der Waals surface area (Å²) >= 11 is 1.62. The fraction of sp³-hybridized carbons (Fsp3) is 0.158. The molecule has 0 saturated heterocycles. The van der Waals surface area contributed by atoms with E-state index >= 15 is 0 Å².